The molecule has 0 unspecified atom stereocenters. The fourth-order valence-electron chi connectivity index (χ4n) is 2.30. The molecule has 0 saturated carbocycles. The van der Waals surface area contributed by atoms with E-state index in [2.05, 4.69) is 0 Å². The second-order valence-corrected chi connectivity index (χ2v) is 8.19. The minimum atomic E-state index is -4.59. The Morgan fingerprint density at radius 3 is 1.31 bits per heavy atom. The van der Waals surface area contributed by atoms with Gasteiger partial charge in [0.2, 0.25) is 0 Å². The predicted octanol–water partition coefficient (Wildman–Crippen LogP) is 6.00. The van der Waals surface area contributed by atoms with Crippen molar-refractivity contribution in [1.29, 1.82) is 10.5 Å². The van der Waals surface area contributed by atoms with Gasteiger partial charge >= 0.3 is 12.4 Å². The van der Waals surface area contributed by atoms with Crippen molar-refractivity contribution in [1.82, 2.24) is 0 Å². The summed E-state index contributed by atoms with van der Waals surface area (Å²) in [7, 11) is 0. The van der Waals surface area contributed by atoms with Gasteiger partial charge in [-0.1, -0.05) is 35.7 Å². The first-order chi connectivity index (χ1) is 14.9. The van der Waals surface area contributed by atoms with Crippen LogP contribution in [0.15, 0.2) is 79.5 Å². The monoisotopic (exact) mass is 486 g/mol. The predicted molar refractivity (Wildman–Crippen MR) is 108 cm³/mol. The van der Waals surface area contributed by atoms with Crippen LogP contribution in [0.5, 0.6) is 0 Å². The molecule has 0 aliphatic heterocycles. The highest BCUT2D eigenvalue weighted by atomic mass is 32.2. The Hall–Kier alpha value is -3.22. The van der Waals surface area contributed by atoms with Gasteiger partial charge in [0.15, 0.2) is 0 Å². The van der Waals surface area contributed by atoms with E-state index in [0.29, 0.717) is 23.5 Å². The summed E-state index contributed by atoms with van der Waals surface area (Å²) in [5.41, 5.74) is 9.02. The molecular weight excluding hydrogens is 474 g/mol. The summed E-state index contributed by atoms with van der Waals surface area (Å²) >= 11 is 1.23. The minimum absolute atomic E-state index is 0.0615. The second kappa shape index (κ2) is 9.94. The Kier molecular flexibility index (Phi) is 7.78. The molecule has 0 heterocycles. The number of hydrogen-bond acceptors (Lipinski definition) is 6. The van der Waals surface area contributed by atoms with Crippen LogP contribution in [-0.4, -0.2) is 0 Å². The molecule has 0 aliphatic carbocycles. The van der Waals surface area contributed by atoms with Crippen molar-refractivity contribution in [3.05, 3.63) is 80.9 Å². The third kappa shape index (κ3) is 6.39. The van der Waals surface area contributed by atoms with E-state index in [9.17, 15) is 36.9 Å². The SMILES string of the molecule is N#CC(=C(/N)Sc1cccc(C(F)(F)F)c1)/C(C#N)=C(\N)Sc1cccc(C(F)(F)F)c1. The first kappa shape index (κ1) is 25.0. The Labute approximate surface area is 187 Å². The number of allylic oxidation sites excluding steroid dienone is 2. The number of halogens is 6. The maximum Gasteiger partial charge on any atom is 0.416 e. The molecule has 0 atom stereocenters. The van der Waals surface area contributed by atoms with E-state index < -0.39 is 34.6 Å². The number of nitriles is 2. The van der Waals surface area contributed by atoms with Gasteiger partial charge in [0, 0.05) is 9.79 Å². The van der Waals surface area contributed by atoms with Crippen molar-refractivity contribution < 1.29 is 26.3 Å². The lowest BCUT2D eigenvalue weighted by Crippen LogP contribution is -2.07. The molecule has 12 heteroatoms. The smallest absolute Gasteiger partial charge is 0.392 e. The molecule has 166 valence electrons. The molecule has 0 bridgehead atoms. The van der Waals surface area contributed by atoms with E-state index in [1.54, 1.807) is 12.1 Å². The van der Waals surface area contributed by atoms with Crippen molar-refractivity contribution in [3.63, 3.8) is 0 Å². The summed E-state index contributed by atoms with van der Waals surface area (Å²) in [6.07, 6.45) is -9.17. The Morgan fingerprint density at radius 1 is 0.688 bits per heavy atom. The first-order valence-corrected chi connectivity index (χ1v) is 10.0. The molecular formula is C20H12F6N4S2. The van der Waals surface area contributed by atoms with Gasteiger partial charge in [-0.15, -0.1) is 0 Å². The Morgan fingerprint density at radius 2 is 1.03 bits per heavy atom. The average molecular weight is 486 g/mol. The summed E-state index contributed by atoms with van der Waals surface area (Å²) < 4.78 is 77.3. The summed E-state index contributed by atoms with van der Waals surface area (Å²) in [5, 5.41) is 18.3. The fraction of sp³-hybridized carbons (Fsp3) is 0.100. The van der Waals surface area contributed by atoms with Crippen LogP contribution in [0.4, 0.5) is 26.3 Å². The average Bonchev–Trinajstić information content (AvgIpc) is 2.70. The van der Waals surface area contributed by atoms with Crippen molar-refractivity contribution in [3.8, 4) is 12.1 Å². The standard InChI is InChI=1S/C20H12F6N4S2/c21-19(22,23)11-3-1-5-13(7-11)31-17(29)15(9-27)16(10-28)18(30)32-14-6-2-4-12(8-14)20(24,25)26/h1-8H,29-30H2/b17-15+,18-16+. The number of thioether (sulfide) groups is 2. The molecule has 0 amide bonds. The molecule has 2 aromatic carbocycles. The Bertz CT molecular complexity index is 1060. The minimum Gasteiger partial charge on any atom is -0.392 e. The Balaban J connectivity index is 2.40. The quantitative estimate of drug-likeness (QED) is 0.233. The van der Waals surface area contributed by atoms with E-state index in [1.807, 2.05) is 0 Å². The lowest BCUT2D eigenvalue weighted by Gasteiger charge is -2.11. The molecule has 0 radical (unpaired) electrons. The van der Waals surface area contributed by atoms with Gasteiger partial charge in [0.1, 0.15) is 23.3 Å². The number of nitrogens with two attached hydrogens (primary N) is 2. The van der Waals surface area contributed by atoms with Crippen molar-refractivity contribution >= 4 is 23.5 Å². The number of hydrogen-bond donors (Lipinski definition) is 2. The third-order valence-corrected chi connectivity index (χ3v) is 5.57. The van der Waals surface area contributed by atoms with Gasteiger partial charge in [0.05, 0.1) is 21.2 Å². The summed E-state index contributed by atoms with van der Waals surface area (Å²) in [6.45, 7) is 0. The van der Waals surface area contributed by atoms with Gasteiger partial charge in [-0.25, -0.2) is 0 Å². The van der Waals surface area contributed by atoms with Crippen molar-refractivity contribution in [2.75, 3.05) is 0 Å². The highest BCUT2D eigenvalue weighted by molar-refractivity contribution is 8.03. The van der Waals surface area contributed by atoms with Gasteiger partial charge in [-0.05, 0) is 36.4 Å². The van der Waals surface area contributed by atoms with Crippen LogP contribution < -0.4 is 11.5 Å². The van der Waals surface area contributed by atoms with Crippen LogP contribution in [0.1, 0.15) is 11.1 Å². The molecule has 4 nitrogen and oxygen atoms in total. The van der Waals surface area contributed by atoms with Crippen molar-refractivity contribution in [2.45, 2.75) is 22.1 Å². The first-order valence-electron chi connectivity index (χ1n) is 8.37. The van der Waals surface area contributed by atoms with Crippen LogP contribution in [-0.2, 0) is 12.4 Å². The van der Waals surface area contributed by atoms with Crippen LogP contribution in [0, 0.1) is 22.7 Å². The molecule has 0 fully saturated rings. The lowest BCUT2D eigenvalue weighted by molar-refractivity contribution is -0.138. The number of rotatable bonds is 5. The fourth-order valence-corrected chi connectivity index (χ4v) is 3.97. The normalized spacial score (nSPS) is 13.5. The molecule has 4 N–H and O–H groups in total. The highest BCUT2D eigenvalue weighted by Gasteiger charge is 2.31. The van der Waals surface area contributed by atoms with Gasteiger partial charge < -0.3 is 11.5 Å². The van der Waals surface area contributed by atoms with Crippen molar-refractivity contribution in [2.24, 2.45) is 11.5 Å². The second-order valence-electron chi connectivity index (χ2n) is 5.96. The molecule has 2 rings (SSSR count). The summed E-state index contributed by atoms with van der Waals surface area (Å²) in [4.78, 5) is 0.123. The maximum absolute atomic E-state index is 12.9. The van der Waals surface area contributed by atoms with Crippen LogP contribution in [0.25, 0.3) is 0 Å². The third-order valence-electron chi connectivity index (χ3n) is 3.74. The van der Waals surface area contributed by atoms with E-state index >= 15 is 0 Å². The zero-order valence-electron chi connectivity index (χ0n) is 15.8. The molecule has 0 aromatic heterocycles. The van der Waals surface area contributed by atoms with Crippen LogP contribution in [0.2, 0.25) is 0 Å². The van der Waals surface area contributed by atoms with E-state index in [1.165, 1.54) is 12.1 Å². The highest BCUT2D eigenvalue weighted by Crippen LogP contribution is 2.37. The summed E-state index contributed by atoms with van der Waals surface area (Å²) in [6, 6.07) is 11.7. The number of alkyl halides is 6. The lowest BCUT2D eigenvalue weighted by atomic mass is 10.1. The largest absolute Gasteiger partial charge is 0.416 e. The van der Waals surface area contributed by atoms with Crippen LogP contribution in [0.3, 0.4) is 0 Å². The zero-order chi connectivity index (χ0) is 24.1. The van der Waals surface area contributed by atoms with Gasteiger partial charge in [0.25, 0.3) is 0 Å². The number of benzene rings is 2. The van der Waals surface area contributed by atoms with E-state index in [4.69, 9.17) is 11.5 Å². The molecule has 0 saturated heterocycles. The maximum atomic E-state index is 12.9. The number of nitrogens with zero attached hydrogens (tertiary/aromatic N) is 2. The summed E-state index contributed by atoms with van der Waals surface area (Å²) in [5.74, 6) is 0. The van der Waals surface area contributed by atoms with Gasteiger partial charge in [-0.3, -0.25) is 0 Å². The zero-order valence-corrected chi connectivity index (χ0v) is 17.4. The van der Waals surface area contributed by atoms with E-state index in [0.717, 1.165) is 36.4 Å². The molecule has 0 aliphatic rings. The topological polar surface area (TPSA) is 99.6 Å². The molecule has 32 heavy (non-hydrogen) atoms. The van der Waals surface area contributed by atoms with Crippen LogP contribution >= 0.6 is 23.5 Å². The van der Waals surface area contributed by atoms with E-state index in [-0.39, 0.29) is 19.8 Å². The van der Waals surface area contributed by atoms with Gasteiger partial charge in [-0.2, -0.15) is 36.9 Å². The molecule has 2 aromatic rings. The molecule has 0 spiro atoms.